The molecule has 8 heteroatoms. The molecule has 170 valence electrons. The van der Waals surface area contributed by atoms with E-state index >= 15 is 0 Å². The van der Waals surface area contributed by atoms with Gasteiger partial charge in [-0.05, 0) is 31.4 Å². The molecule has 2 heterocycles. The van der Waals surface area contributed by atoms with E-state index in [2.05, 4.69) is 5.32 Å². The first kappa shape index (κ1) is 21.1. The van der Waals surface area contributed by atoms with Crippen molar-refractivity contribution in [2.45, 2.75) is 32.2 Å². The summed E-state index contributed by atoms with van der Waals surface area (Å²) in [5.74, 6) is 3.00. The van der Waals surface area contributed by atoms with E-state index in [1.54, 1.807) is 32.1 Å². The molecular weight excluding hydrogens is 420 g/mol. The van der Waals surface area contributed by atoms with E-state index in [0.29, 0.717) is 41.0 Å². The van der Waals surface area contributed by atoms with Gasteiger partial charge in [-0.3, -0.25) is 4.79 Å². The zero-order valence-corrected chi connectivity index (χ0v) is 19.1. The Morgan fingerprint density at radius 2 is 1.73 bits per heavy atom. The first-order chi connectivity index (χ1) is 16.0. The predicted octanol–water partition coefficient (Wildman–Crippen LogP) is 4.30. The third-order valence-electron chi connectivity index (χ3n) is 6.28. The number of carbonyl (C=O) groups is 1. The summed E-state index contributed by atoms with van der Waals surface area (Å²) < 4.78 is 18.5. The van der Waals surface area contributed by atoms with Gasteiger partial charge >= 0.3 is 0 Å². The van der Waals surface area contributed by atoms with E-state index in [4.69, 9.17) is 24.3 Å². The molecule has 2 aliphatic rings. The second-order valence-corrected chi connectivity index (χ2v) is 8.16. The number of rotatable bonds is 5. The van der Waals surface area contributed by atoms with Gasteiger partial charge in [0.05, 0.1) is 21.3 Å². The smallest absolute Gasteiger partial charge is 0.226 e. The predicted molar refractivity (Wildman–Crippen MR) is 124 cm³/mol. The summed E-state index contributed by atoms with van der Waals surface area (Å²) in [6, 6.07) is 11.1. The summed E-state index contributed by atoms with van der Waals surface area (Å²) in [6.07, 6.45) is 2.08. The number of methoxy groups -OCH3 is 3. The summed E-state index contributed by atoms with van der Waals surface area (Å²) in [5.41, 5.74) is 4.38. The van der Waals surface area contributed by atoms with Crippen molar-refractivity contribution >= 4 is 11.7 Å². The van der Waals surface area contributed by atoms with E-state index in [1.807, 2.05) is 37.3 Å². The Balaban J connectivity index is 1.75. The first-order valence-electron chi connectivity index (χ1n) is 10.9. The van der Waals surface area contributed by atoms with E-state index in [1.165, 1.54) is 0 Å². The van der Waals surface area contributed by atoms with Crippen molar-refractivity contribution in [3.63, 3.8) is 0 Å². The molecule has 33 heavy (non-hydrogen) atoms. The standard InChI is InChI=1S/C25H26N4O4/c1-14-8-5-6-9-15(14)24-27-25-26-17-10-7-11-18(30)22(17)23(29(25)28-24)16-12-20(32-3)21(33-4)13-19(16)31-2/h5-6,8-9,12-13,23H,7,10-11H2,1-4H3,(H,26,27,28). The number of benzene rings is 2. The van der Waals surface area contributed by atoms with Crippen LogP contribution in [0.25, 0.3) is 11.4 Å². The molecule has 1 aromatic heterocycles. The van der Waals surface area contributed by atoms with Gasteiger partial charge in [-0.25, -0.2) is 4.68 Å². The van der Waals surface area contributed by atoms with Crippen LogP contribution in [0, 0.1) is 6.92 Å². The molecule has 0 spiro atoms. The van der Waals surface area contributed by atoms with Gasteiger partial charge in [0.25, 0.3) is 0 Å². The van der Waals surface area contributed by atoms with Crippen LogP contribution in [0.3, 0.4) is 0 Å². The van der Waals surface area contributed by atoms with Crippen molar-refractivity contribution in [2.24, 2.45) is 0 Å². The maximum Gasteiger partial charge on any atom is 0.226 e. The van der Waals surface area contributed by atoms with Crippen LogP contribution >= 0.6 is 0 Å². The van der Waals surface area contributed by atoms with Crippen LogP contribution in [0.2, 0.25) is 0 Å². The average Bonchev–Trinajstić information content (AvgIpc) is 3.25. The second-order valence-electron chi connectivity index (χ2n) is 8.16. The lowest BCUT2D eigenvalue weighted by molar-refractivity contribution is -0.116. The molecule has 0 radical (unpaired) electrons. The van der Waals surface area contributed by atoms with Crippen LogP contribution in [-0.2, 0) is 4.79 Å². The van der Waals surface area contributed by atoms with Crippen LogP contribution in [0.1, 0.15) is 36.4 Å². The van der Waals surface area contributed by atoms with Gasteiger partial charge in [-0.2, -0.15) is 4.98 Å². The Morgan fingerprint density at radius 3 is 2.45 bits per heavy atom. The average molecular weight is 447 g/mol. The van der Waals surface area contributed by atoms with Gasteiger partial charge in [0.2, 0.25) is 5.95 Å². The normalized spacial score (nSPS) is 17.2. The molecular formula is C25H26N4O4. The molecule has 5 rings (SSSR count). The largest absolute Gasteiger partial charge is 0.496 e. The van der Waals surface area contributed by atoms with E-state index < -0.39 is 6.04 Å². The Hall–Kier alpha value is -3.81. The van der Waals surface area contributed by atoms with E-state index in [-0.39, 0.29) is 5.78 Å². The maximum absolute atomic E-state index is 13.2. The van der Waals surface area contributed by atoms with Gasteiger partial charge in [0.1, 0.15) is 11.8 Å². The quantitative estimate of drug-likeness (QED) is 0.625. The number of nitrogens with zero attached hydrogens (tertiary/aromatic N) is 3. The SMILES string of the molecule is COc1cc(OC)c(C2C3=C(CCCC3=O)Nc3nc(-c4ccccc4C)nn32)cc1OC. The Morgan fingerprint density at radius 1 is 1.00 bits per heavy atom. The van der Waals surface area contributed by atoms with Crippen LogP contribution < -0.4 is 19.5 Å². The summed E-state index contributed by atoms with van der Waals surface area (Å²) in [6.45, 7) is 2.03. The molecule has 1 aliphatic heterocycles. The highest BCUT2D eigenvalue weighted by Crippen LogP contribution is 2.46. The second kappa shape index (κ2) is 8.27. The number of ether oxygens (including phenoxy) is 3. The molecule has 3 aromatic rings. The van der Waals surface area contributed by atoms with Crippen molar-refractivity contribution < 1.29 is 19.0 Å². The summed E-state index contributed by atoms with van der Waals surface area (Å²) >= 11 is 0. The molecule has 2 aromatic carbocycles. The molecule has 1 aliphatic carbocycles. The van der Waals surface area contributed by atoms with Crippen LogP contribution in [0.5, 0.6) is 17.2 Å². The van der Waals surface area contributed by atoms with Crippen LogP contribution in [-0.4, -0.2) is 41.9 Å². The number of hydrogen-bond acceptors (Lipinski definition) is 7. The highest BCUT2D eigenvalue weighted by Gasteiger charge is 2.39. The van der Waals surface area contributed by atoms with E-state index in [9.17, 15) is 4.79 Å². The number of allylic oxidation sites excluding steroid dienone is 2. The molecule has 8 nitrogen and oxygen atoms in total. The summed E-state index contributed by atoms with van der Waals surface area (Å²) in [7, 11) is 4.77. The lowest BCUT2D eigenvalue weighted by Crippen LogP contribution is -2.31. The number of aromatic nitrogens is 3. The monoisotopic (exact) mass is 446 g/mol. The molecule has 0 saturated heterocycles. The summed E-state index contributed by atoms with van der Waals surface area (Å²) in [4.78, 5) is 18.0. The minimum absolute atomic E-state index is 0.101. The number of ketones is 1. The number of Topliss-reactive ketones (excluding diaryl/α,β-unsaturated/α-hetero) is 1. The Kier molecular flexibility index (Phi) is 5.28. The first-order valence-corrected chi connectivity index (χ1v) is 10.9. The third-order valence-corrected chi connectivity index (χ3v) is 6.28. The topological polar surface area (TPSA) is 87.5 Å². The highest BCUT2D eigenvalue weighted by molar-refractivity contribution is 5.99. The minimum Gasteiger partial charge on any atom is -0.496 e. The number of aryl methyl sites for hydroxylation is 1. The minimum atomic E-state index is -0.496. The molecule has 0 bridgehead atoms. The fourth-order valence-electron chi connectivity index (χ4n) is 4.65. The lowest BCUT2D eigenvalue weighted by atomic mass is 9.85. The molecule has 1 N–H and O–H groups in total. The molecule has 1 atom stereocenters. The van der Waals surface area contributed by atoms with Crippen molar-refractivity contribution in [3.8, 4) is 28.6 Å². The fraction of sp³-hybridized carbons (Fsp3) is 0.320. The highest BCUT2D eigenvalue weighted by atomic mass is 16.5. The Labute approximate surface area is 192 Å². The Bertz CT molecular complexity index is 1280. The van der Waals surface area contributed by atoms with Crippen molar-refractivity contribution in [2.75, 3.05) is 26.6 Å². The van der Waals surface area contributed by atoms with Gasteiger partial charge in [-0.15, -0.1) is 5.10 Å². The van der Waals surface area contributed by atoms with Crippen molar-refractivity contribution in [1.82, 2.24) is 14.8 Å². The lowest BCUT2D eigenvalue weighted by Gasteiger charge is -2.33. The van der Waals surface area contributed by atoms with Gasteiger partial charge in [0, 0.05) is 34.9 Å². The van der Waals surface area contributed by atoms with Crippen molar-refractivity contribution in [3.05, 3.63) is 58.8 Å². The maximum atomic E-state index is 13.2. The van der Waals surface area contributed by atoms with E-state index in [0.717, 1.165) is 35.2 Å². The number of carbonyl (C=O) groups excluding carboxylic acids is 1. The number of nitrogens with one attached hydrogen (secondary N) is 1. The number of anilines is 1. The summed E-state index contributed by atoms with van der Waals surface area (Å²) in [5, 5.41) is 8.25. The zero-order valence-electron chi connectivity index (χ0n) is 19.1. The van der Waals surface area contributed by atoms with Crippen molar-refractivity contribution in [1.29, 1.82) is 0 Å². The van der Waals surface area contributed by atoms with Gasteiger partial charge in [0.15, 0.2) is 23.1 Å². The molecule has 0 saturated carbocycles. The zero-order chi connectivity index (χ0) is 23.1. The molecule has 1 unspecified atom stereocenters. The van der Waals surface area contributed by atoms with Crippen LogP contribution in [0.15, 0.2) is 47.7 Å². The fourth-order valence-corrected chi connectivity index (χ4v) is 4.65. The van der Waals surface area contributed by atoms with Gasteiger partial charge < -0.3 is 19.5 Å². The van der Waals surface area contributed by atoms with Crippen LogP contribution in [0.4, 0.5) is 5.95 Å². The molecule has 0 amide bonds. The number of fused-ring (bicyclic) bond motifs is 1. The molecule has 0 fully saturated rings. The van der Waals surface area contributed by atoms with Gasteiger partial charge in [-0.1, -0.05) is 24.3 Å². The third kappa shape index (κ3) is 3.42. The number of hydrogen-bond donors (Lipinski definition) is 1.